The Morgan fingerprint density at radius 2 is 1.86 bits per heavy atom. The number of ether oxygens (including phenoxy) is 1. The van der Waals surface area contributed by atoms with Crippen LogP contribution < -0.4 is 16.0 Å². The van der Waals surface area contributed by atoms with Crippen molar-refractivity contribution in [1.82, 2.24) is 24.1 Å². The highest BCUT2D eigenvalue weighted by molar-refractivity contribution is 6.31. The van der Waals surface area contributed by atoms with Crippen LogP contribution in [-0.2, 0) is 18.0 Å². The Balaban J connectivity index is 1.64. The fourth-order valence-electron chi connectivity index (χ4n) is 4.07. The Labute approximate surface area is 200 Å². The van der Waals surface area contributed by atoms with E-state index >= 15 is 0 Å². The van der Waals surface area contributed by atoms with Gasteiger partial charge in [0.2, 0.25) is 5.95 Å². The molecule has 3 aromatic rings. The van der Waals surface area contributed by atoms with Crippen LogP contribution in [0.3, 0.4) is 0 Å². The average molecular weight is 513 g/mol. The van der Waals surface area contributed by atoms with Crippen LogP contribution in [0.15, 0.2) is 28.0 Å². The van der Waals surface area contributed by atoms with Gasteiger partial charge in [-0.25, -0.2) is 19.7 Å². The summed E-state index contributed by atoms with van der Waals surface area (Å²) in [5, 5.41) is 0.302. The molecule has 186 valence electrons. The molecule has 0 amide bonds. The monoisotopic (exact) mass is 512 g/mol. The molecule has 4 heterocycles. The molecule has 0 aromatic carbocycles. The smallest absolute Gasteiger partial charge is 0.434 e. The van der Waals surface area contributed by atoms with E-state index in [1.165, 1.54) is 40.3 Å². The van der Waals surface area contributed by atoms with Crippen LogP contribution in [-0.4, -0.2) is 49.8 Å². The lowest BCUT2D eigenvalue weighted by molar-refractivity contribution is -0.141. The van der Waals surface area contributed by atoms with Crippen molar-refractivity contribution in [3.8, 4) is 0 Å². The number of rotatable bonds is 4. The first-order valence-electron chi connectivity index (χ1n) is 10.7. The summed E-state index contributed by atoms with van der Waals surface area (Å²) in [6.45, 7) is 1.80. The molecular weight excluding hydrogens is 493 g/mol. The number of fused-ring (bicyclic) bond motifs is 1. The number of halogens is 4. The quantitative estimate of drug-likeness (QED) is 0.387. The summed E-state index contributed by atoms with van der Waals surface area (Å²) < 4.78 is 47.9. The van der Waals surface area contributed by atoms with Crippen molar-refractivity contribution in [3.63, 3.8) is 0 Å². The van der Waals surface area contributed by atoms with Crippen LogP contribution >= 0.6 is 11.6 Å². The summed E-state index contributed by atoms with van der Waals surface area (Å²) in [7, 11) is 1.45. The summed E-state index contributed by atoms with van der Waals surface area (Å²) in [5.74, 6) is -1.36. The highest BCUT2D eigenvalue weighted by Crippen LogP contribution is 2.33. The van der Waals surface area contributed by atoms with Gasteiger partial charge in [-0.15, -0.1) is 0 Å². The van der Waals surface area contributed by atoms with Gasteiger partial charge in [0, 0.05) is 38.6 Å². The summed E-state index contributed by atoms with van der Waals surface area (Å²) in [4.78, 5) is 50.5. The van der Waals surface area contributed by atoms with Gasteiger partial charge in [0.15, 0.2) is 11.3 Å². The normalized spacial score (nSPS) is 15.0. The zero-order valence-corrected chi connectivity index (χ0v) is 19.4. The maximum absolute atomic E-state index is 13.6. The van der Waals surface area contributed by atoms with Crippen LogP contribution in [0.4, 0.5) is 19.1 Å². The lowest BCUT2D eigenvalue weighted by atomic mass is 10.0. The summed E-state index contributed by atoms with van der Waals surface area (Å²) >= 11 is 6.01. The van der Waals surface area contributed by atoms with Gasteiger partial charge in [-0.1, -0.05) is 11.6 Å². The first-order valence-corrected chi connectivity index (χ1v) is 11.0. The zero-order chi connectivity index (χ0) is 25.5. The van der Waals surface area contributed by atoms with E-state index in [4.69, 9.17) is 11.6 Å². The number of alkyl halides is 3. The molecule has 14 heteroatoms. The number of aryl methyl sites for hydroxylation is 1. The molecule has 1 fully saturated rings. The number of hydrogen-bond acceptors (Lipinski definition) is 8. The van der Waals surface area contributed by atoms with E-state index in [0.717, 1.165) is 6.20 Å². The standard InChI is InChI=1S/C21H20ClF3N6O4/c1-3-35-19(34)13-10-27-20(28-15(13)21(23,24)25)30-6-4-12(5-7-30)31-16-14(8-11(22)9-26-16)29(2)17(32)18(31)33/h8-10,12H,3-7H2,1-2H3. The zero-order valence-electron chi connectivity index (χ0n) is 18.7. The van der Waals surface area contributed by atoms with Gasteiger partial charge in [-0.05, 0) is 25.8 Å². The Bertz CT molecular complexity index is 1410. The van der Waals surface area contributed by atoms with Gasteiger partial charge in [0.1, 0.15) is 5.56 Å². The van der Waals surface area contributed by atoms with Gasteiger partial charge in [-0.3, -0.25) is 14.2 Å². The Morgan fingerprint density at radius 3 is 2.49 bits per heavy atom. The Kier molecular flexibility index (Phi) is 6.54. The van der Waals surface area contributed by atoms with E-state index in [9.17, 15) is 27.6 Å². The molecule has 0 radical (unpaired) electrons. The van der Waals surface area contributed by atoms with Crippen molar-refractivity contribution in [2.24, 2.45) is 7.05 Å². The fraction of sp³-hybridized carbons (Fsp3) is 0.429. The van der Waals surface area contributed by atoms with E-state index in [0.29, 0.717) is 23.4 Å². The minimum Gasteiger partial charge on any atom is -0.462 e. The number of carbonyl (C=O) groups is 1. The molecule has 0 aliphatic carbocycles. The second kappa shape index (κ2) is 9.29. The van der Waals surface area contributed by atoms with Gasteiger partial charge in [-0.2, -0.15) is 13.2 Å². The van der Waals surface area contributed by atoms with E-state index in [2.05, 4.69) is 19.7 Å². The number of nitrogens with zero attached hydrogens (tertiary/aromatic N) is 6. The highest BCUT2D eigenvalue weighted by atomic mass is 35.5. The second-order valence-corrected chi connectivity index (χ2v) is 8.34. The molecule has 1 saturated heterocycles. The molecule has 4 rings (SSSR count). The number of esters is 1. The van der Waals surface area contributed by atoms with Crippen molar-refractivity contribution in [2.75, 3.05) is 24.6 Å². The topological polar surface area (TPSA) is 112 Å². The maximum atomic E-state index is 13.6. The van der Waals surface area contributed by atoms with Crippen molar-refractivity contribution in [1.29, 1.82) is 0 Å². The van der Waals surface area contributed by atoms with Crippen LogP contribution in [0.2, 0.25) is 5.02 Å². The minimum atomic E-state index is -4.89. The molecule has 1 aliphatic heterocycles. The maximum Gasteiger partial charge on any atom is 0.434 e. The van der Waals surface area contributed by atoms with Crippen molar-refractivity contribution >= 4 is 34.7 Å². The molecule has 0 N–H and O–H groups in total. The molecule has 1 aliphatic rings. The fourth-order valence-corrected chi connectivity index (χ4v) is 4.22. The molecule has 0 saturated carbocycles. The lowest BCUT2D eigenvalue weighted by Gasteiger charge is -2.33. The molecule has 3 aromatic heterocycles. The molecule has 0 bridgehead atoms. The third-order valence-electron chi connectivity index (χ3n) is 5.76. The first kappa shape index (κ1) is 24.6. The Hall–Kier alpha value is -3.48. The molecule has 35 heavy (non-hydrogen) atoms. The van der Waals surface area contributed by atoms with E-state index in [-0.39, 0.29) is 31.3 Å². The van der Waals surface area contributed by atoms with Crippen molar-refractivity contribution in [3.05, 3.63) is 55.4 Å². The van der Waals surface area contributed by atoms with Gasteiger partial charge < -0.3 is 14.2 Å². The van der Waals surface area contributed by atoms with Gasteiger partial charge in [0.25, 0.3) is 0 Å². The summed E-state index contributed by atoms with van der Waals surface area (Å²) in [5.41, 5.74) is -2.95. The number of hydrogen-bond donors (Lipinski definition) is 0. The predicted molar refractivity (Wildman–Crippen MR) is 120 cm³/mol. The average Bonchev–Trinajstić information content (AvgIpc) is 2.83. The van der Waals surface area contributed by atoms with Gasteiger partial charge in [0.05, 0.1) is 17.1 Å². The molecule has 0 spiro atoms. The van der Waals surface area contributed by atoms with E-state index in [1.807, 2.05) is 0 Å². The highest BCUT2D eigenvalue weighted by Gasteiger charge is 2.39. The summed E-state index contributed by atoms with van der Waals surface area (Å²) in [6, 6.07) is 1.11. The lowest BCUT2D eigenvalue weighted by Crippen LogP contribution is -2.45. The van der Waals surface area contributed by atoms with Gasteiger partial charge >= 0.3 is 23.3 Å². The SMILES string of the molecule is CCOC(=O)c1cnc(N2CCC(n3c(=O)c(=O)n(C)c4cc(Cl)cnc43)CC2)nc1C(F)(F)F. The molecular formula is C21H20ClF3N6O4. The van der Waals surface area contributed by atoms with Crippen LogP contribution in [0.25, 0.3) is 11.2 Å². The first-order chi connectivity index (χ1) is 16.5. The van der Waals surface area contributed by atoms with Crippen LogP contribution in [0, 0.1) is 0 Å². The van der Waals surface area contributed by atoms with E-state index < -0.39 is 40.6 Å². The van der Waals surface area contributed by atoms with E-state index in [1.54, 1.807) is 0 Å². The Morgan fingerprint density at radius 1 is 1.17 bits per heavy atom. The number of piperidine rings is 1. The molecule has 0 atom stereocenters. The number of aromatic nitrogens is 5. The van der Waals surface area contributed by atoms with Crippen molar-refractivity contribution in [2.45, 2.75) is 32.0 Å². The predicted octanol–water partition coefficient (Wildman–Crippen LogP) is 2.58. The minimum absolute atomic E-state index is 0.0941. The molecule has 0 unspecified atom stereocenters. The third kappa shape index (κ3) is 4.59. The number of anilines is 1. The largest absolute Gasteiger partial charge is 0.462 e. The second-order valence-electron chi connectivity index (χ2n) is 7.90. The third-order valence-corrected chi connectivity index (χ3v) is 5.97. The van der Waals surface area contributed by atoms with Crippen molar-refractivity contribution < 1.29 is 22.7 Å². The summed E-state index contributed by atoms with van der Waals surface area (Å²) in [6.07, 6.45) is -2.08. The number of carbonyl (C=O) groups excluding carboxylic acids is 1. The molecule has 10 nitrogen and oxygen atoms in total. The van der Waals surface area contributed by atoms with Crippen LogP contribution in [0.5, 0.6) is 0 Å². The number of pyridine rings is 1. The van der Waals surface area contributed by atoms with Crippen LogP contribution in [0.1, 0.15) is 41.9 Å².